The van der Waals surface area contributed by atoms with Crippen LogP contribution in [0.4, 0.5) is 5.69 Å². The van der Waals surface area contributed by atoms with Gasteiger partial charge in [0.15, 0.2) is 0 Å². The predicted molar refractivity (Wildman–Crippen MR) is 66.1 cm³/mol. The van der Waals surface area contributed by atoms with Gasteiger partial charge in [-0.2, -0.15) is 0 Å². The van der Waals surface area contributed by atoms with Crippen molar-refractivity contribution in [2.45, 2.75) is 6.61 Å². The zero-order chi connectivity index (χ0) is 13.8. The molecule has 0 fully saturated rings. The lowest BCUT2D eigenvalue weighted by Gasteiger charge is -2.06. The SMILES string of the molecule is O=[N+]([O-])c1cccc(Cl)c1Oc1ncc(CO)cn1. The van der Waals surface area contributed by atoms with Crippen molar-refractivity contribution >= 4 is 17.3 Å². The van der Waals surface area contributed by atoms with Gasteiger partial charge in [-0.05, 0) is 6.07 Å². The van der Waals surface area contributed by atoms with E-state index in [0.717, 1.165) is 0 Å². The first-order chi connectivity index (χ1) is 9.11. The Labute approximate surface area is 112 Å². The average Bonchev–Trinajstić information content (AvgIpc) is 2.41. The maximum atomic E-state index is 10.9. The van der Waals surface area contributed by atoms with Crippen molar-refractivity contribution in [3.8, 4) is 11.8 Å². The molecule has 19 heavy (non-hydrogen) atoms. The number of aliphatic hydroxyl groups is 1. The standard InChI is InChI=1S/C11H8ClN3O4/c12-8-2-1-3-9(15(17)18)10(8)19-11-13-4-7(6-16)5-14-11/h1-5,16H,6H2. The molecular weight excluding hydrogens is 274 g/mol. The fraction of sp³-hybridized carbons (Fsp3) is 0.0909. The van der Waals surface area contributed by atoms with Gasteiger partial charge in [-0.3, -0.25) is 10.1 Å². The molecule has 1 N–H and O–H groups in total. The van der Waals surface area contributed by atoms with Crippen molar-refractivity contribution in [1.29, 1.82) is 0 Å². The van der Waals surface area contributed by atoms with Crippen molar-refractivity contribution in [2.24, 2.45) is 0 Å². The molecule has 0 bridgehead atoms. The summed E-state index contributed by atoms with van der Waals surface area (Å²) >= 11 is 5.86. The van der Waals surface area contributed by atoms with Crippen molar-refractivity contribution in [2.75, 3.05) is 0 Å². The number of nitrogens with zero attached hydrogens (tertiary/aromatic N) is 3. The van der Waals surface area contributed by atoms with E-state index in [1.165, 1.54) is 30.6 Å². The molecule has 0 atom stereocenters. The summed E-state index contributed by atoms with van der Waals surface area (Å²) in [6.45, 7) is -0.202. The van der Waals surface area contributed by atoms with Gasteiger partial charge in [-0.25, -0.2) is 9.97 Å². The molecule has 1 heterocycles. The summed E-state index contributed by atoms with van der Waals surface area (Å²) < 4.78 is 5.22. The minimum absolute atomic E-state index is 0.0871. The van der Waals surface area contributed by atoms with Crippen LogP contribution in [0.25, 0.3) is 0 Å². The Hall–Kier alpha value is -2.25. The van der Waals surface area contributed by atoms with Crippen LogP contribution in [0.1, 0.15) is 5.56 Å². The first kappa shape index (κ1) is 13.2. The highest BCUT2D eigenvalue weighted by atomic mass is 35.5. The predicted octanol–water partition coefficient (Wildman–Crippen LogP) is 2.32. The molecule has 0 aliphatic carbocycles. The van der Waals surface area contributed by atoms with E-state index >= 15 is 0 Å². The van der Waals surface area contributed by atoms with Crippen LogP contribution in [-0.2, 0) is 6.61 Å². The Kier molecular flexibility index (Phi) is 3.88. The van der Waals surface area contributed by atoms with Crippen LogP contribution < -0.4 is 4.74 Å². The van der Waals surface area contributed by atoms with Gasteiger partial charge in [-0.15, -0.1) is 0 Å². The van der Waals surface area contributed by atoms with Gasteiger partial charge in [0.05, 0.1) is 16.6 Å². The molecule has 0 aliphatic heterocycles. The summed E-state index contributed by atoms with van der Waals surface area (Å²) in [4.78, 5) is 17.9. The Morgan fingerprint density at radius 3 is 2.63 bits per heavy atom. The number of aromatic nitrogens is 2. The number of nitro groups is 1. The smallest absolute Gasteiger partial charge is 0.322 e. The summed E-state index contributed by atoms with van der Waals surface area (Å²) in [6, 6.07) is 4.09. The van der Waals surface area contributed by atoms with E-state index in [1.54, 1.807) is 0 Å². The summed E-state index contributed by atoms with van der Waals surface area (Å²) in [5.41, 5.74) is 0.225. The second kappa shape index (κ2) is 5.59. The molecule has 7 nitrogen and oxygen atoms in total. The number of benzene rings is 1. The van der Waals surface area contributed by atoms with Crippen LogP contribution in [0.5, 0.6) is 11.8 Å². The minimum Gasteiger partial charge on any atom is -0.415 e. The summed E-state index contributed by atoms with van der Waals surface area (Å²) in [6.07, 6.45) is 2.70. The van der Waals surface area contributed by atoms with Gasteiger partial charge < -0.3 is 9.84 Å². The maximum absolute atomic E-state index is 10.9. The molecule has 0 spiro atoms. The zero-order valence-electron chi connectivity index (χ0n) is 9.49. The highest BCUT2D eigenvalue weighted by Gasteiger charge is 2.19. The fourth-order valence-corrected chi connectivity index (χ4v) is 1.52. The lowest BCUT2D eigenvalue weighted by molar-refractivity contribution is -0.385. The third-order valence-corrected chi connectivity index (χ3v) is 2.50. The van der Waals surface area contributed by atoms with Crippen LogP contribution in [0, 0.1) is 10.1 Å². The second-order valence-corrected chi connectivity index (χ2v) is 3.89. The minimum atomic E-state index is -0.608. The Balaban J connectivity index is 2.34. The van der Waals surface area contributed by atoms with Gasteiger partial charge in [-0.1, -0.05) is 17.7 Å². The molecule has 0 saturated carbocycles. The Morgan fingerprint density at radius 2 is 2.05 bits per heavy atom. The van der Waals surface area contributed by atoms with Crippen LogP contribution in [-0.4, -0.2) is 20.0 Å². The fourth-order valence-electron chi connectivity index (χ4n) is 1.31. The quantitative estimate of drug-likeness (QED) is 0.682. The van der Waals surface area contributed by atoms with Gasteiger partial charge in [0.25, 0.3) is 0 Å². The van der Waals surface area contributed by atoms with Crippen LogP contribution in [0.3, 0.4) is 0 Å². The molecule has 98 valence electrons. The number of aliphatic hydroxyl groups excluding tert-OH is 1. The number of ether oxygens (including phenoxy) is 1. The van der Waals surface area contributed by atoms with E-state index in [1.807, 2.05) is 0 Å². The number of hydrogen-bond donors (Lipinski definition) is 1. The van der Waals surface area contributed by atoms with Crippen molar-refractivity contribution in [3.63, 3.8) is 0 Å². The molecule has 1 aromatic carbocycles. The van der Waals surface area contributed by atoms with Gasteiger partial charge in [0, 0.05) is 24.0 Å². The van der Waals surface area contributed by atoms with E-state index in [0.29, 0.717) is 5.56 Å². The molecule has 0 unspecified atom stereocenters. The van der Waals surface area contributed by atoms with E-state index in [4.69, 9.17) is 21.4 Å². The van der Waals surface area contributed by atoms with E-state index < -0.39 is 4.92 Å². The molecule has 2 aromatic rings. The number of nitro benzene ring substituents is 1. The van der Waals surface area contributed by atoms with E-state index in [9.17, 15) is 10.1 Å². The lowest BCUT2D eigenvalue weighted by Crippen LogP contribution is -1.97. The molecule has 8 heteroatoms. The summed E-state index contributed by atoms with van der Waals surface area (Å²) in [5.74, 6) is -0.120. The largest absolute Gasteiger partial charge is 0.415 e. The first-order valence-electron chi connectivity index (χ1n) is 5.14. The van der Waals surface area contributed by atoms with Crippen LogP contribution in [0.2, 0.25) is 5.02 Å². The monoisotopic (exact) mass is 281 g/mol. The van der Waals surface area contributed by atoms with E-state index in [-0.39, 0.29) is 29.1 Å². The summed E-state index contributed by atoms with van der Waals surface area (Å²) in [5, 5.41) is 19.8. The number of hydrogen-bond acceptors (Lipinski definition) is 6. The second-order valence-electron chi connectivity index (χ2n) is 3.48. The van der Waals surface area contributed by atoms with Gasteiger partial charge >= 0.3 is 11.7 Å². The van der Waals surface area contributed by atoms with Crippen LogP contribution in [0.15, 0.2) is 30.6 Å². The summed E-state index contributed by atoms with van der Waals surface area (Å²) in [7, 11) is 0. The third kappa shape index (κ3) is 2.95. The lowest BCUT2D eigenvalue weighted by atomic mass is 10.3. The molecule has 2 rings (SSSR count). The molecule has 0 saturated heterocycles. The first-order valence-corrected chi connectivity index (χ1v) is 5.52. The van der Waals surface area contributed by atoms with Crippen molar-refractivity contribution in [3.05, 3.63) is 51.3 Å². The molecule has 0 aliphatic rings. The molecule has 0 amide bonds. The zero-order valence-corrected chi connectivity index (χ0v) is 10.2. The van der Waals surface area contributed by atoms with Crippen molar-refractivity contribution in [1.82, 2.24) is 9.97 Å². The molecule has 1 aromatic heterocycles. The van der Waals surface area contributed by atoms with Gasteiger partial charge in [0.1, 0.15) is 0 Å². The number of para-hydroxylation sites is 1. The maximum Gasteiger partial charge on any atom is 0.322 e. The normalized spacial score (nSPS) is 10.2. The Morgan fingerprint density at radius 1 is 1.37 bits per heavy atom. The Bertz CT molecular complexity index is 603. The highest BCUT2D eigenvalue weighted by molar-refractivity contribution is 6.32. The average molecular weight is 282 g/mol. The molecular formula is C11H8ClN3O4. The number of rotatable bonds is 4. The van der Waals surface area contributed by atoms with Gasteiger partial charge in [0.2, 0.25) is 5.75 Å². The topological polar surface area (TPSA) is 98.4 Å². The van der Waals surface area contributed by atoms with E-state index in [2.05, 4.69) is 9.97 Å². The van der Waals surface area contributed by atoms with Crippen molar-refractivity contribution < 1.29 is 14.8 Å². The third-order valence-electron chi connectivity index (χ3n) is 2.20. The number of halogens is 1. The highest BCUT2D eigenvalue weighted by Crippen LogP contribution is 2.36. The molecule has 0 radical (unpaired) electrons. The van der Waals surface area contributed by atoms with Crippen LogP contribution >= 0.6 is 11.6 Å².